The molecule has 0 fully saturated rings. The molecule has 0 saturated carbocycles. The zero-order chi connectivity index (χ0) is 22.5. The van der Waals surface area contributed by atoms with Crippen molar-refractivity contribution >= 4 is 5.91 Å². The third kappa shape index (κ3) is 4.49. The van der Waals surface area contributed by atoms with E-state index in [1.807, 2.05) is 10.6 Å². The number of hydrazine groups is 1. The first-order valence-electron chi connectivity index (χ1n) is 10.2. The highest BCUT2D eigenvalue weighted by Crippen LogP contribution is 2.40. The topological polar surface area (TPSA) is 139 Å². The molecule has 3 heterocycles. The lowest BCUT2D eigenvalue weighted by molar-refractivity contribution is 0.0951. The minimum absolute atomic E-state index is 0.0928. The van der Waals surface area contributed by atoms with E-state index >= 15 is 0 Å². The van der Waals surface area contributed by atoms with Crippen LogP contribution >= 0.6 is 0 Å². The Labute approximate surface area is 181 Å². The number of carbonyl (C=O) groups is 1. The van der Waals surface area contributed by atoms with E-state index in [1.54, 1.807) is 26.5 Å². The van der Waals surface area contributed by atoms with Crippen molar-refractivity contribution in [2.75, 3.05) is 27.4 Å². The fourth-order valence-electron chi connectivity index (χ4n) is 3.79. The Bertz CT molecular complexity index is 1020. The number of nitrogen functional groups attached to an aromatic ring is 1. The van der Waals surface area contributed by atoms with Crippen LogP contribution in [0.3, 0.4) is 0 Å². The molecule has 3 rings (SSSR count). The Kier molecular flexibility index (Phi) is 7.13. The van der Waals surface area contributed by atoms with Crippen molar-refractivity contribution in [2.45, 2.75) is 32.7 Å². The number of fused-ring (bicyclic) bond motifs is 3. The summed E-state index contributed by atoms with van der Waals surface area (Å²) in [5.41, 5.74) is 5.01. The maximum atomic E-state index is 12.3. The van der Waals surface area contributed by atoms with E-state index in [0.717, 1.165) is 29.8 Å². The molecule has 1 atom stereocenters. The molecule has 2 aromatic rings. The number of nitrogens with one attached hydrogen (secondary N) is 1. The molecular formula is C21H30N6O4. The molecule has 10 nitrogen and oxygen atoms in total. The molecule has 0 unspecified atom stereocenters. The number of nitrogens with zero attached hydrogens (tertiary/aromatic N) is 3. The van der Waals surface area contributed by atoms with Crippen molar-refractivity contribution < 1.29 is 19.0 Å². The first-order valence-corrected chi connectivity index (χ1v) is 10.2. The second-order valence-electron chi connectivity index (χ2n) is 7.68. The van der Waals surface area contributed by atoms with Crippen LogP contribution in [0.5, 0.6) is 11.6 Å². The van der Waals surface area contributed by atoms with Crippen LogP contribution in [0.2, 0.25) is 0 Å². The Morgan fingerprint density at radius 1 is 1.35 bits per heavy atom. The van der Waals surface area contributed by atoms with Crippen LogP contribution in [-0.2, 0) is 11.2 Å². The lowest BCUT2D eigenvalue weighted by Gasteiger charge is -2.33. The van der Waals surface area contributed by atoms with Gasteiger partial charge in [0.1, 0.15) is 0 Å². The second-order valence-corrected chi connectivity index (χ2v) is 7.68. The second kappa shape index (κ2) is 9.80. The van der Waals surface area contributed by atoms with E-state index in [2.05, 4.69) is 24.4 Å². The van der Waals surface area contributed by atoms with Gasteiger partial charge in [-0.1, -0.05) is 13.8 Å². The van der Waals surface area contributed by atoms with Gasteiger partial charge in [-0.25, -0.2) is 10.8 Å². The molecule has 1 aliphatic heterocycles. The third-order valence-corrected chi connectivity index (χ3v) is 5.39. The van der Waals surface area contributed by atoms with Crippen molar-refractivity contribution in [2.24, 2.45) is 22.7 Å². The zero-order valence-corrected chi connectivity index (χ0v) is 18.3. The quantitative estimate of drug-likeness (QED) is 0.247. The maximum Gasteiger partial charge on any atom is 0.268 e. The number of rotatable bonds is 8. The third-order valence-electron chi connectivity index (χ3n) is 5.39. The summed E-state index contributed by atoms with van der Waals surface area (Å²) in [6.45, 7) is 5.38. The smallest absolute Gasteiger partial charge is 0.268 e. The van der Waals surface area contributed by atoms with Gasteiger partial charge in [0.05, 0.1) is 36.0 Å². The molecule has 5 N–H and O–H groups in total. The van der Waals surface area contributed by atoms with E-state index in [1.165, 1.54) is 0 Å². The lowest BCUT2D eigenvalue weighted by Crippen LogP contribution is -2.36. The van der Waals surface area contributed by atoms with Gasteiger partial charge in [-0.05, 0) is 30.0 Å². The van der Waals surface area contributed by atoms with Crippen LogP contribution in [-0.4, -0.2) is 42.9 Å². The van der Waals surface area contributed by atoms with Crippen molar-refractivity contribution in [3.8, 4) is 23.0 Å². The summed E-state index contributed by atoms with van der Waals surface area (Å²) in [7, 11) is 3.21. The molecule has 0 spiro atoms. The first-order chi connectivity index (χ1) is 14.9. The molecule has 1 aliphatic rings. The lowest BCUT2D eigenvalue weighted by atomic mass is 9.89. The summed E-state index contributed by atoms with van der Waals surface area (Å²) in [5.74, 6) is 11.7. The van der Waals surface area contributed by atoms with Gasteiger partial charge in [-0.3, -0.25) is 10.2 Å². The van der Waals surface area contributed by atoms with Crippen LogP contribution in [0, 0.1) is 5.92 Å². The van der Waals surface area contributed by atoms with Gasteiger partial charge < -0.3 is 24.6 Å². The number of carbonyl (C=O) groups excluding carboxylic acids is 1. The van der Waals surface area contributed by atoms with E-state index in [0.29, 0.717) is 41.7 Å². The SMILES string of the molecule is COCCCOc1cc2c(nc1OC)-c1c/c(=N\N)c(C(=O)NN)cn1[C@H](C(C)C)C2. The molecule has 0 bridgehead atoms. The summed E-state index contributed by atoms with van der Waals surface area (Å²) in [4.78, 5) is 17.0. The number of nitrogens with two attached hydrogens (primary N) is 2. The number of amides is 1. The van der Waals surface area contributed by atoms with E-state index in [4.69, 9.17) is 30.9 Å². The number of hydrogen-bond acceptors (Lipinski definition) is 8. The fourth-order valence-corrected chi connectivity index (χ4v) is 3.79. The van der Waals surface area contributed by atoms with Gasteiger partial charge in [0, 0.05) is 32.4 Å². The highest BCUT2D eigenvalue weighted by atomic mass is 16.5. The molecule has 10 heteroatoms. The molecule has 0 aliphatic carbocycles. The fraction of sp³-hybridized carbons (Fsp3) is 0.476. The summed E-state index contributed by atoms with van der Waals surface area (Å²) in [6, 6.07) is 3.83. The van der Waals surface area contributed by atoms with Gasteiger partial charge >= 0.3 is 0 Å². The summed E-state index contributed by atoms with van der Waals surface area (Å²) in [5, 5.41) is 4.11. The molecule has 0 saturated heterocycles. The van der Waals surface area contributed by atoms with Crippen molar-refractivity contribution in [3.05, 3.63) is 34.8 Å². The van der Waals surface area contributed by atoms with Crippen molar-refractivity contribution in [1.82, 2.24) is 15.0 Å². The maximum absolute atomic E-state index is 12.3. The number of pyridine rings is 2. The molecule has 0 radical (unpaired) electrons. The molecule has 168 valence electrons. The molecule has 0 aromatic carbocycles. The van der Waals surface area contributed by atoms with Crippen LogP contribution in [0.4, 0.5) is 0 Å². The Hall–Kier alpha value is -3.11. The largest absolute Gasteiger partial charge is 0.488 e. The molecule has 31 heavy (non-hydrogen) atoms. The highest BCUT2D eigenvalue weighted by Gasteiger charge is 2.30. The highest BCUT2D eigenvalue weighted by molar-refractivity contribution is 5.93. The van der Waals surface area contributed by atoms with Crippen LogP contribution in [0.1, 0.15) is 42.2 Å². The Morgan fingerprint density at radius 3 is 2.74 bits per heavy atom. The monoisotopic (exact) mass is 430 g/mol. The average molecular weight is 431 g/mol. The van der Waals surface area contributed by atoms with E-state index in [-0.39, 0.29) is 6.04 Å². The standard InChI is InChI=1S/C21H30N6O4/c1-12(2)16-8-13-9-18(31-7-5-6-29-3)21(30-4)24-19(13)17-10-15(25-22)14(11-27(16)17)20(28)26-23/h9-12,16H,5-8,22-23H2,1-4H3,(H,26,28)/b25-15+/t16-/m0/s1. The van der Waals surface area contributed by atoms with Gasteiger partial charge in [-0.2, -0.15) is 5.10 Å². The van der Waals surface area contributed by atoms with Crippen LogP contribution in [0.25, 0.3) is 11.4 Å². The number of hydrogen-bond donors (Lipinski definition) is 3. The predicted octanol–water partition coefficient (Wildman–Crippen LogP) is 1.11. The van der Waals surface area contributed by atoms with Crippen LogP contribution < -0.4 is 31.9 Å². The number of ether oxygens (including phenoxy) is 3. The first kappa shape index (κ1) is 22.6. The van der Waals surface area contributed by atoms with Crippen molar-refractivity contribution in [1.29, 1.82) is 0 Å². The minimum atomic E-state index is -0.460. The summed E-state index contributed by atoms with van der Waals surface area (Å²) < 4.78 is 18.5. The van der Waals surface area contributed by atoms with E-state index in [9.17, 15) is 4.79 Å². The van der Waals surface area contributed by atoms with Crippen molar-refractivity contribution in [3.63, 3.8) is 0 Å². The van der Waals surface area contributed by atoms with Gasteiger partial charge in [-0.15, -0.1) is 0 Å². The predicted molar refractivity (Wildman–Crippen MR) is 115 cm³/mol. The van der Waals surface area contributed by atoms with Gasteiger partial charge in [0.2, 0.25) is 0 Å². The Balaban J connectivity index is 2.15. The number of aromatic nitrogens is 2. The minimum Gasteiger partial charge on any atom is -0.488 e. The summed E-state index contributed by atoms with van der Waals surface area (Å²) >= 11 is 0. The Morgan fingerprint density at radius 2 is 2.13 bits per heavy atom. The molecular weight excluding hydrogens is 400 g/mol. The average Bonchev–Trinajstić information content (AvgIpc) is 2.79. The van der Waals surface area contributed by atoms with E-state index < -0.39 is 5.91 Å². The van der Waals surface area contributed by atoms with Crippen LogP contribution in [0.15, 0.2) is 23.4 Å². The zero-order valence-electron chi connectivity index (χ0n) is 18.3. The number of methoxy groups -OCH3 is 2. The normalized spacial score (nSPS) is 15.4. The molecule has 1 amide bonds. The van der Waals surface area contributed by atoms with Gasteiger partial charge in [0.25, 0.3) is 11.8 Å². The molecule has 2 aromatic heterocycles. The summed E-state index contributed by atoms with van der Waals surface area (Å²) in [6.07, 6.45) is 3.22. The van der Waals surface area contributed by atoms with Gasteiger partial charge in [0.15, 0.2) is 5.75 Å².